The number of benzene rings is 1. The summed E-state index contributed by atoms with van der Waals surface area (Å²) in [7, 11) is 0. The molecular weight excluding hydrogens is 252 g/mol. The van der Waals surface area contributed by atoms with Crippen LogP contribution in [0.5, 0.6) is 17.2 Å². The molecule has 0 saturated heterocycles. The Labute approximate surface area is 109 Å². The smallest absolute Gasteiger partial charge is 0.308 e. The van der Waals surface area contributed by atoms with E-state index in [1.807, 2.05) is 0 Å². The predicted octanol–water partition coefficient (Wildman–Crippen LogP) is 1.50. The lowest BCUT2D eigenvalue weighted by Gasteiger charge is -2.19. The molecule has 0 atom stereocenters. The molecule has 19 heavy (non-hydrogen) atoms. The zero-order chi connectivity index (χ0) is 14.0. The Morgan fingerprint density at radius 3 is 2.47 bits per heavy atom. The van der Waals surface area contributed by atoms with E-state index in [-0.39, 0.29) is 41.6 Å². The van der Waals surface area contributed by atoms with E-state index in [2.05, 4.69) is 0 Å². The molecule has 1 heterocycles. The molecule has 2 rings (SSSR count). The molecule has 0 spiro atoms. The largest absolute Gasteiger partial charge is 0.492 e. The second-order valence-electron chi connectivity index (χ2n) is 4.00. The Kier molecular flexibility index (Phi) is 3.50. The predicted molar refractivity (Wildman–Crippen MR) is 63.5 cm³/mol. The second-order valence-corrected chi connectivity index (χ2v) is 4.00. The molecule has 1 aromatic carbocycles. The average Bonchev–Trinajstić information content (AvgIpc) is 2.26. The van der Waals surface area contributed by atoms with Crippen molar-refractivity contribution in [3.05, 3.63) is 17.7 Å². The fourth-order valence-electron chi connectivity index (χ4n) is 1.79. The normalized spacial score (nSPS) is 13.3. The van der Waals surface area contributed by atoms with Gasteiger partial charge in [0.15, 0.2) is 5.78 Å². The van der Waals surface area contributed by atoms with Crippen molar-refractivity contribution in [1.29, 1.82) is 0 Å². The van der Waals surface area contributed by atoms with E-state index in [1.165, 1.54) is 26.0 Å². The van der Waals surface area contributed by atoms with E-state index < -0.39 is 11.9 Å². The van der Waals surface area contributed by atoms with E-state index in [0.29, 0.717) is 0 Å². The van der Waals surface area contributed by atoms with E-state index in [0.717, 1.165) is 0 Å². The fourth-order valence-corrected chi connectivity index (χ4v) is 1.79. The Morgan fingerprint density at radius 2 is 1.84 bits per heavy atom. The minimum atomic E-state index is -0.569. The van der Waals surface area contributed by atoms with Crippen molar-refractivity contribution < 1.29 is 28.6 Å². The number of fused-ring (bicyclic) bond motifs is 1. The lowest BCUT2D eigenvalue weighted by Crippen LogP contribution is -2.18. The molecule has 1 aromatic rings. The van der Waals surface area contributed by atoms with Crippen molar-refractivity contribution in [3.8, 4) is 17.2 Å². The third kappa shape index (κ3) is 2.90. The Morgan fingerprint density at radius 1 is 1.16 bits per heavy atom. The summed E-state index contributed by atoms with van der Waals surface area (Å²) < 4.78 is 15.2. The Balaban J connectivity index is 2.50. The molecule has 100 valence electrons. The molecule has 0 fully saturated rings. The van der Waals surface area contributed by atoms with Gasteiger partial charge in [-0.3, -0.25) is 14.4 Å². The summed E-state index contributed by atoms with van der Waals surface area (Å²) in [6, 6.07) is 2.76. The third-order valence-electron chi connectivity index (χ3n) is 2.42. The van der Waals surface area contributed by atoms with Crippen LogP contribution in [-0.2, 0) is 9.59 Å². The number of hydrogen-bond donors (Lipinski definition) is 0. The third-order valence-corrected chi connectivity index (χ3v) is 2.42. The quantitative estimate of drug-likeness (QED) is 0.595. The van der Waals surface area contributed by atoms with Gasteiger partial charge in [-0.2, -0.15) is 0 Å². The molecule has 0 saturated carbocycles. The number of carbonyl (C=O) groups excluding carboxylic acids is 3. The van der Waals surface area contributed by atoms with Gasteiger partial charge in [0.1, 0.15) is 22.8 Å². The zero-order valence-electron chi connectivity index (χ0n) is 10.5. The standard InChI is InChI=1S/C13H12O6/c1-7(14)18-9-5-11-13(10(16)3-4-17-11)12(6-9)19-8(2)15/h5-6H,3-4H2,1-2H3. The first-order chi connectivity index (χ1) is 8.97. The highest BCUT2D eigenvalue weighted by molar-refractivity contribution is 6.03. The van der Waals surface area contributed by atoms with E-state index in [9.17, 15) is 14.4 Å². The van der Waals surface area contributed by atoms with Crippen LogP contribution in [0.15, 0.2) is 12.1 Å². The minimum absolute atomic E-state index is 0.0472. The van der Waals surface area contributed by atoms with Gasteiger partial charge in [0.25, 0.3) is 0 Å². The first kappa shape index (κ1) is 13.1. The maximum Gasteiger partial charge on any atom is 0.308 e. The number of Topliss-reactive ketones (excluding diaryl/α,β-unsaturated/α-hetero) is 1. The number of carbonyl (C=O) groups is 3. The van der Waals surface area contributed by atoms with Crippen LogP contribution in [0, 0.1) is 0 Å². The Bertz CT molecular complexity index is 560. The summed E-state index contributed by atoms with van der Waals surface area (Å²) in [5.74, 6) is -0.794. The van der Waals surface area contributed by atoms with Gasteiger partial charge in [-0.25, -0.2) is 0 Å². The minimum Gasteiger partial charge on any atom is -0.492 e. The zero-order valence-corrected chi connectivity index (χ0v) is 10.5. The number of rotatable bonds is 2. The van der Waals surface area contributed by atoms with Crippen LogP contribution in [0.4, 0.5) is 0 Å². The highest BCUT2D eigenvalue weighted by atomic mass is 16.5. The van der Waals surface area contributed by atoms with E-state index >= 15 is 0 Å². The lowest BCUT2D eigenvalue weighted by molar-refractivity contribution is -0.132. The van der Waals surface area contributed by atoms with Gasteiger partial charge in [0, 0.05) is 32.4 Å². The van der Waals surface area contributed by atoms with Gasteiger partial charge in [0.05, 0.1) is 6.61 Å². The first-order valence-corrected chi connectivity index (χ1v) is 5.68. The maximum atomic E-state index is 11.8. The van der Waals surface area contributed by atoms with Crippen LogP contribution >= 0.6 is 0 Å². The molecule has 6 nitrogen and oxygen atoms in total. The fraction of sp³-hybridized carbons (Fsp3) is 0.308. The van der Waals surface area contributed by atoms with Crippen LogP contribution in [0.2, 0.25) is 0 Å². The Hall–Kier alpha value is -2.37. The second kappa shape index (κ2) is 5.09. The van der Waals surface area contributed by atoms with Gasteiger partial charge in [0.2, 0.25) is 0 Å². The maximum absolute atomic E-state index is 11.8. The first-order valence-electron chi connectivity index (χ1n) is 5.68. The van der Waals surface area contributed by atoms with Crippen LogP contribution in [0.3, 0.4) is 0 Å². The van der Waals surface area contributed by atoms with Crippen LogP contribution in [-0.4, -0.2) is 24.3 Å². The summed E-state index contributed by atoms with van der Waals surface area (Å²) in [6.07, 6.45) is 0.216. The summed E-state index contributed by atoms with van der Waals surface area (Å²) in [6.45, 7) is 2.71. The van der Waals surface area contributed by atoms with Crippen molar-refractivity contribution in [2.24, 2.45) is 0 Å². The topological polar surface area (TPSA) is 78.9 Å². The highest BCUT2D eigenvalue weighted by Crippen LogP contribution is 2.37. The summed E-state index contributed by atoms with van der Waals surface area (Å²) in [5, 5.41) is 0. The SMILES string of the molecule is CC(=O)Oc1cc2c(c(OC(C)=O)c1)C(=O)CCO2. The average molecular weight is 264 g/mol. The molecule has 0 amide bonds. The van der Waals surface area contributed by atoms with Crippen LogP contribution in [0.25, 0.3) is 0 Å². The van der Waals surface area contributed by atoms with E-state index in [1.54, 1.807) is 0 Å². The number of ketones is 1. The monoisotopic (exact) mass is 264 g/mol. The summed E-state index contributed by atoms with van der Waals surface area (Å²) >= 11 is 0. The molecule has 0 aromatic heterocycles. The molecule has 1 aliphatic heterocycles. The van der Waals surface area contributed by atoms with Gasteiger partial charge in [-0.05, 0) is 0 Å². The van der Waals surface area contributed by atoms with Crippen molar-refractivity contribution in [2.45, 2.75) is 20.3 Å². The van der Waals surface area contributed by atoms with Crippen molar-refractivity contribution in [1.82, 2.24) is 0 Å². The molecule has 0 unspecified atom stereocenters. The number of hydrogen-bond acceptors (Lipinski definition) is 6. The van der Waals surface area contributed by atoms with Crippen molar-refractivity contribution >= 4 is 17.7 Å². The summed E-state index contributed by atoms with van der Waals surface area (Å²) in [5.41, 5.74) is 0.206. The van der Waals surface area contributed by atoms with Gasteiger partial charge in [-0.15, -0.1) is 0 Å². The summed E-state index contributed by atoms with van der Waals surface area (Å²) in [4.78, 5) is 33.8. The molecule has 0 aliphatic carbocycles. The molecule has 0 bridgehead atoms. The number of ether oxygens (including phenoxy) is 3. The lowest BCUT2D eigenvalue weighted by atomic mass is 10.0. The number of esters is 2. The molecular formula is C13H12O6. The van der Waals surface area contributed by atoms with Gasteiger partial charge in [-0.1, -0.05) is 0 Å². The van der Waals surface area contributed by atoms with E-state index in [4.69, 9.17) is 14.2 Å². The molecule has 0 N–H and O–H groups in total. The van der Waals surface area contributed by atoms with Gasteiger partial charge < -0.3 is 14.2 Å². The van der Waals surface area contributed by atoms with Crippen molar-refractivity contribution in [2.75, 3.05) is 6.61 Å². The van der Waals surface area contributed by atoms with Crippen molar-refractivity contribution in [3.63, 3.8) is 0 Å². The van der Waals surface area contributed by atoms with Gasteiger partial charge >= 0.3 is 11.9 Å². The molecule has 6 heteroatoms. The molecule has 0 radical (unpaired) electrons. The molecule has 1 aliphatic rings. The van der Waals surface area contributed by atoms with Crippen LogP contribution in [0.1, 0.15) is 30.6 Å². The van der Waals surface area contributed by atoms with Crippen LogP contribution < -0.4 is 14.2 Å². The highest BCUT2D eigenvalue weighted by Gasteiger charge is 2.25.